The number of piperidine rings is 1. The highest BCUT2D eigenvalue weighted by Crippen LogP contribution is 2.27. The van der Waals surface area contributed by atoms with Crippen LogP contribution in [0.2, 0.25) is 0 Å². The molecule has 2 rings (SSSR count). The van der Waals surface area contributed by atoms with Crippen LogP contribution in [-0.2, 0) is 9.53 Å². The Balaban J connectivity index is 1.79. The lowest BCUT2D eigenvalue weighted by molar-refractivity contribution is -0.124. The van der Waals surface area contributed by atoms with Crippen LogP contribution in [0.15, 0.2) is 18.2 Å². The number of likely N-dealkylation sites (tertiary alicyclic amines) is 1. The predicted octanol–water partition coefficient (Wildman–Crippen LogP) is 4.01. The monoisotopic (exact) mass is 390 g/mol. The first-order valence-electron chi connectivity index (χ1n) is 10.1. The van der Waals surface area contributed by atoms with E-state index in [2.05, 4.69) is 31.3 Å². The summed E-state index contributed by atoms with van der Waals surface area (Å²) in [6.45, 7) is 13.0. The van der Waals surface area contributed by atoms with E-state index in [9.17, 15) is 9.59 Å². The van der Waals surface area contributed by atoms with Crippen LogP contribution in [0.5, 0.6) is 5.75 Å². The maximum absolute atomic E-state index is 12.3. The molecule has 1 saturated heterocycles. The average Bonchev–Trinajstić information content (AvgIpc) is 2.59. The first-order chi connectivity index (χ1) is 13.0. The van der Waals surface area contributed by atoms with Gasteiger partial charge in [0.05, 0.1) is 0 Å². The van der Waals surface area contributed by atoms with Crippen molar-refractivity contribution in [2.24, 2.45) is 0 Å². The number of nitrogens with zero attached hydrogens (tertiary/aromatic N) is 1. The Kier molecular flexibility index (Phi) is 7.33. The normalized spacial score (nSPS) is 15.5. The molecule has 156 valence electrons. The molecule has 0 aromatic heterocycles. The van der Waals surface area contributed by atoms with E-state index in [0.717, 1.165) is 16.9 Å². The Morgan fingerprint density at radius 2 is 1.86 bits per heavy atom. The van der Waals surface area contributed by atoms with Crippen LogP contribution in [0.4, 0.5) is 4.79 Å². The van der Waals surface area contributed by atoms with E-state index in [4.69, 9.17) is 9.47 Å². The van der Waals surface area contributed by atoms with Gasteiger partial charge in [0.15, 0.2) is 6.61 Å². The molecular formula is C22H34N2O4. The smallest absolute Gasteiger partial charge is 0.410 e. The number of nitrogens with one attached hydrogen (secondary N) is 1. The molecule has 1 aromatic rings. The second-order valence-electron chi connectivity index (χ2n) is 8.79. The highest BCUT2D eigenvalue weighted by molar-refractivity contribution is 5.78. The van der Waals surface area contributed by atoms with Crippen LogP contribution >= 0.6 is 0 Å². The second kappa shape index (κ2) is 9.30. The van der Waals surface area contributed by atoms with E-state index in [0.29, 0.717) is 31.8 Å². The maximum atomic E-state index is 12.3. The van der Waals surface area contributed by atoms with Crippen molar-refractivity contribution in [1.29, 1.82) is 0 Å². The number of ether oxygens (including phenoxy) is 2. The number of benzene rings is 1. The van der Waals surface area contributed by atoms with Gasteiger partial charge in [-0.1, -0.05) is 26.0 Å². The zero-order valence-electron chi connectivity index (χ0n) is 18.0. The molecule has 1 N–H and O–H groups in total. The third kappa shape index (κ3) is 6.73. The Morgan fingerprint density at radius 1 is 1.21 bits per heavy atom. The first-order valence-corrected chi connectivity index (χ1v) is 10.1. The molecule has 1 aliphatic rings. The van der Waals surface area contributed by atoms with Crippen molar-refractivity contribution in [2.45, 2.75) is 71.9 Å². The van der Waals surface area contributed by atoms with Gasteiger partial charge in [-0.3, -0.25) is 4.79 Å². The molecule has 1 heterocycles. The van der Waals surface area contributed by atoms with E-state index >= 15 is 0 Å². The topological polar surface area (TPSA) is 67.9 Å². The van der Waals surface area contributed by atoms with Gasteiger partial charge in [-0.25, -0.2) is 4.79 Å². The van der Waals surface area contributed by atoms with E-state index < -0.39 is 5.60 Å². The number of aryl methyl sites for hydroxylation is 1. The van der Waals surface area contributed by atoms with E-state index in [1.807, 2.05) is 33.8 Å². The Morgan fingerprint density at radius 3 is 2.43 bits per heavy atom. The lowest BCUT2D eigenvalue weighted by atomic mass is 10.0. The standard InChI is InChI=1S/C22H34N2O4/c1-15(2)18-8-7-16(3)13-19(18)27-14-20(25)23-17-9-11-24(12-10-17)21(26)28-22(4,5)6/h7-8,13,15,17H,9-12,14H2,1-6H3,(H,23,25). The molecule has 0 atom stereocenters. The number of carbonyl (C=O) groups is 2. The molecule has 1 aromatic carbocycles. The lowest BCUT2D eigenvalue weighted by Gasteiger charge is -2.33. The predicted molar refractivity (Wildman–Crippen MR) is 110 cm³/mol. The van der Waals surface area contributed by atoms with Gasteiger partial charge in [-0.15, -0.1) is 0 Å². The fraction of sp³-hybridized carbons (Fsp3) is 0.636. The van der Waals surface area contributed by atoms with Crippen molar-refractivity contribution < 1.29 is 19.1 Å². The molecule has 1 fully saturated rings. The third-order valence-electron chi connectivity index (χ3n) is 4.66. The zero-order valence-corrected chi connectivity index (χ0v) is 18.0. The number of rotatable bonds is 5. The van der Waals surface area contributed by atoms with Gasteiger partial charge >= 0.3 is 6.09 Å². The minimum atomic E-state index is -0.496. The summed E-state index contributed by atoms with van der Waals surface area (Å²) in [6.07, 6.45) is 1.14. The first kappa shape index (κ1) is 22.1. The maximum Gasteiger partial charge on any atom is 0.410 e. The van der Waals surface area contributed by atoms with Crippen LogP contribution in [0.3, 0.4) is 0 Å². The molecule has 0 bridgehead atoms. The fourth-order valence-electron chi connectivity index (χ4n) is 3.19. The largest absolute Gasteiger partial charge is 0.483 e. The summed E-state index contributed by atoms with van der Waals surface area (Å²) in [5.41, 5.74) is 1.71. The summed E-state index contributed by atoms with van der Waals surface area (Å²) in [6, 6.07) is 6.14. The van der Waals surface area contributed by atoms with Crippen molar-refractivity contribution in [1.82, 2.24) is 10.2 Å². The Hall–Kier alpha value is -2.24. The molecule has 0 aliphatic carbocycles. The molecule has 6 heteroatoms. The van der Waals surface area contributed by atoms with Crippen LogP contribution in [0.25, 0.3) is 0 Å². The Labute approximate surface area is 168 Å². The summed E-state index contributed by atoms with van der Waals surface area (Å²) >= 11 is 0. The second-order valence-corrected chi connectivity index (χ2v) is 8.79. The van der Waals surface area contributed by atoms with Crippen LogP contribution in [-0.4, -0.2) is 48.2 Å². The number of carbonyl (C=O) groups excluding carboxylic acids is 2. The van der Waals surface area contributed by atoms with Crippen LogP contribution in [0, 0.1) is 6.92 Å². The third-order valence-corrected chi connectivity index (χ3v) is 4.66. The zero-order chi connectivity index (χ0) is 20.9. The molecule has 0 saturated carbocycles. The van der Waals surface area contributed by atoms with Gasteiger partial charge in [0, 0.05) is 19.1 Å². The molecule has 28 heavy (non-hydrogen) atoms. The highest BCUT2D eigenvalue weighted by atomic mass is 16.6. The summed E-state index contributed by atoms with van der Waals surface area (Å²) in [7, 11) is 0. The van der Waals surface area contributed by atoms with Crippen LogP contribution in [0.1, 0.15) is 64.5 Å². The van der Waals surface area contributed by atoms with Gasteiger partial charge in [-0.2, -0.15) is 0 Å². The van der Waals surface area contributed by atoms with Crippen molar-refractivity contribution in [3.63, 3.8) is 0 Å². The molecule has 0 spiro atoms. The molecule has 6 nitrogen and oxygen atoms in total. The van der Waals surface area contributed by atoms with Gasteiger partial charge in [-0.05, 0) is 63.6 Å². The minimum absolute atomic E-state index is 0.00451. The lowest BCUT2D eigenvalue weighted by Crippen LogP contribution is -2.48. The van der Waals surface area contributed by atoms with E-state index in [1.165, 1.54) is 0 Å². The number of amides is 2. The van der Waals surface area contributed by atoms with E-state index in [1.54, 1.807) is 4.90 Å². The molecular weight excluding hydrogens is 356 g/mol. The minimum Gasteiger partial charge on any atom is -0.483 e. The van der Waals surface area contributed by atoms with Crippen molar-refractivity contribution >= 4 is 12.0 Å². The van der Waals surface area contributed by atoms with Gasteiger partial charge in [0.1, 0.15) is 11.4 Å². The van der Waals surface area contributed by atoms with Gasteiger partial charge in [0.2, 0.25) is 0 Å². The SMILES string of the molecule is Cc1ccc(C(C)C)c(OCC(=O)NC2CCN(C(=O)OC(C)(C)C)CC2)c1. The van der Waals surface area contributed by atoms with Gasteiger partial charge < -0.3 is 19.7 Å². The van der Waals surface area contributed by atoms with Crippen molar-refractivity contribution in [2.75, 3.05) is 19.7 Å². The number of hydrogen-bond acceptors (Lipinski definition) is 4. The summed E-state index contributed by atoms with van der Waals surface area (Å²) in [5.74, 6) is 0.965. The number of hydrogen-bond donors (Lipinski definition) is 1. The molecule has 0 radical (unpaired) electrons. The van der Waals surface area contributed by atoms with E-state index in [-0.39, 0.29) is 24.6 Å². The Bertz CT molecular complexity index is 686. The fourth-order valence-corrected chi connectivity index (χ4v) is 3.19. The molecule has 2 amide bonds. The summed E-state index contributed by atoms with van der Waals surface area (Å²) in [5, 5.41) is 3.02. The molecule has 0 unspecified atom stereocenters. The van der Waals surface area contributed by atoms with Gasteiger partial charge in [0.25, 0.3) is 5.91 Å². The quantitative estimate of drug-likeness (QED) is 0.825. The molecule has 1 aliphatic heterocycles. The van der Waals surface area contributed by atoms with Crippen molar-refractivity contribution in [3.8, 4) is 5.75 Å². The average molecular weight is 391 g/mol. The highest BCUT2D eigenvalue weighted by Gasteiger charge is 2.27. The summed E-state index contributed by atoms with van der Waals surface area (Å²) in [4.78, 5) is 26.1. The van der Waals surface area contributed by atoms with Crippen molar-refractivity contribution in [3.05, 3.63) is 29.3 Å². The van der Waals surface area contributed by atoms with Crippen LogP contribution < -0.4 is 10.1 Å². The summed E-state index contributed by atoms with van der Waals surface area (Å²) < 4.78 is 11.2.